The second-order valence-electron chi connectivity index (χ2n) is 4.63. The average molecular weight is 263 g/mol. The lowest BCUT2D eigenvalue weighted by Gasteiger charge is -2.37. The van der Waals surface area contributed by atoms with E-state index >= 15 is 0 Å². The monoisotopic (exact) mass is 262 g/mol. The molecule has 0 amide bonds. The molecule has 0 aliphatic carbocycles. The van der Waals surface area contributed by atoms with Crippen LogP contribution in [0, 0.1) is 5.41 Å². The molecule has 0 radical (unpaired) electrons. The first-order valence-corrected chi connectivity index (χ1v) is 6.72. The van der Waals surface area contributed by atoms with Crippen molar-refractivity contribution in [1.82, 2.24) is 0 Å². The van der Waals surface area contributed by atoms with Gasteiger partial charge in [-0.2, -0.15) is 0 Å². The van der Waals surface area contributed by atoms with Gasteiger partial charge in [0.1, 0.15) is 0 Å². The lowest BCUT2D eigenvalue weighted by Crippen LogP contribution is -2.36. The third-order valence-corrected chi connectivity index (χ3v) is 4.56. The van der Waals surface area contributed by atoms with Crippen LogP contribution in [0.4, 0.5) is 0 Å². The minimum absolute atomic E-state index is 0.354. The fraction of sp³-hybridized carbons (Fsp3) is 1.00. The first kappa shape index (κ1) is 10.9. The Hall–Kier alpha value is 0.400. The molecule has 2 fully saturated rings. The van der Waals surface area contributed by atoms with Gasteiger partial charge in [0.05, 0.1) is 12.7 Å². The molecule has 3 heteroatoms. The maximum atomic E-state index is 5.71. The first-order chi connectivity index (χ1) is 6.85. The molecule has 2 rings (SSSR count). The van der Waals surface area contributed by atoms with E-state index in [0.29, 0.717) is 11.5 Å². The van der Waals surface area contributed by atoms with Crippen molar-refractivity contribution in [2.75, 3.05) is 25.2 Å². The van der Waals surface area contributed by atoms with E-state index in [0.717, 1.165) is 25.2 Å². The summed E-state index contributed by atoms with van der Waals surface area (Å²) in [7, 11) is 0. The van der Waals surface area contributed by atoms with Crippen LogP contribution in [0.1, 0.15) is 32.1 Å². The average Bonchev–Trinajstić information content (AvgIpc) is 2.72. The zero-order chi connectivity index (χ0) is 9.86. The SMILES string of the molecule is BrCC1(CC2CCCO2)CCCOC1. The van der Waals surface area contributed by atoms with E-state index in [9.17, 15) is 0 Å². The second kappa shape index (κ2) is 4.95. The smallest absolute Gasteiger partial charge is 0.0582 e. The predicted molar refractivity (Wildman–Crippen MR) is 59.9 cm³/mol. The highest BCUT2D eigenvalue weighted by Gasteiger charge is 2.35. The van der Waals surface area contributed by atoms with Gasteiger partial charge in [0, 0.05) is 24.0 Å². The van der Waals surface area contributed by atoms with Gasteiger partial charge in [-0.15, -0.1) is 0 Å². The molecule has 14 heavy (non-hydrogen) atoms. The van der Waals surface area contributed by atoms with Crippen LogP contribution in [0.15, 0.2) is 0 Å². The molecule has 0 bridgehead atoms. The quantitative estimate of drug-likeness (QED) is 0.729. The molecule has 2 aliphatic heterocycles. The van der Waals surface area contributed by atoms with E-state index in [2.05, 4.69) is 15.9 Å². The van der Waals surface area contributed by atoms with Crippen LogP contribution in [-0.2, 0) is 9.47 Å². The fourth-order valence-electron chi connectivity index (χ4n) is 2.52. The fourth-order valence-corrected chi connectivity index (χ4v) is 3.19. The Morgan fingerprint density at radius 3 is 2.79 bits per heavy atom. The highest BCUT2D eigenvalue weighted by Crippen LogP contribution is 2.37. The molecular weight excluding hydrogens is 244 g/mol. The molecule has 82 valence electrons. The minimum Gasteiger partial charge on any atom is -0.381 e. The molecule has 0 saturated carbocycles. The highest BCUT2D eigenvalue weighted by molar-refractivity contribution is 9.09. The van der Waals surface area contributed by atoms with Crippen LogP contribution in [0.3, 0.4) is 0 Å². The van der Waals surface area contributed by atoms with Crippen molar-refractivity contribution in [3.05, 3.63) is 0 Å². The number of alkyl halides is 1. The Labute approximate surface area is 94.5 Å². The molecule has 0 aromatic carbocycles. The molecule has 0 spiro atoms. The van der Waals surface area contributed by atoms with Gasteiger partial charge in [-0.05, 0) is 32.1 Å². The van der Waals surface area contributed by atoms with Crippen molar-refractivity contribution in [2.45, 2.75) is 38.2 Å². The maximum absolute atomic E-state index is 5.71. The summed E-state index contributed by atoms with van der Waals surface area (Å²) in [5.41, 5.74) is 0.354. The molecule has 2 heterocycles. The van der Waals surface area contributed by atoms with Gasteiger partial charge in [0.25, 0.3) is 0 Å². The summed E-state index contributed by atoms with van der Waals surface area (Å²) < 4.78 is 11.3. The summed E-state index contributed by atoms with van der Waals surface area (Å²) in [4.78, 5) is 0. The van der Waals surface area contributed by atoms with E-state index in [1.54, 1.807) is 0 Å². The summed E-state index contributed by atoms with van der Waals surface area (Å²) in [5, 5.41) is 1.06. The molecule has 2 nitrogen and oxygen atoms in total. The third-order valence-electron chi connectivity index (χ3n) is 3.37. The van der Waals surface area contributed by atoms with E-state index in [1.807, 2.05) is 0 Å². The molecule has 0 N–H and O–H groups in total. The van der Waals surface area contributed by atoms with E-state index in [1.165, 1.54) is 32.1 Å². The van der Waals surface area contributed by atoms with Gasteiger partial charge >= 0.3 is 0 Å². The van der Waals surface area contributed by atoms with Crippen molar-refractivity contribution in [3.8, 4) is 0 Å². The second-order valence-corrected chi connectivity index (χ2v) is 5.19. The normalized spacial score (nSPS) is 38.8. The van der Waals surface area contributed by atoms with Crippen molar-refractivity contribution in [2.24, 2.45) is 5.41 Å². The van der Waals surface area contributed by atoms with Crippen LogP contribution >= 0.6 is 15.9 Å². The zero-order valence-electron chi connectivity index (χ0n) is 8.64. The van der Waals surface area contributed by atoms with Crippen LogP contribution < -0.4 is 0 Å². The van der Waals surface area contributed by atoms with Crippen LogP contribution in [0.5, 0.6) is 0 Å². The van der Waals surface area contributed by atoms with Crippen LogP contribution in [-0.4, -0.2) is 31.3 Å². The van der Waals surface area contributed by atoms with Crippen LogP contribution in [0.25, 0.3) is 0 Å². The van der Waals surface area contributed by atoms with E-state index < -0.39 is 0 Å². The Bertz CT molecular complexity index is 172. The topological polar surface area (TPSA) is 18.5 Å². The molecule has 2 aliphatic rings. The van der Waals surface area contributed by atoms with E-state index in [4.69, 9.17) is 9.47 Å². The molecule has 2 atom stereocenters. The van der Waals surface area contributed by atoms with Gasteiger partial charge in [-0.1, -0.05) is 15.9 Å². The number of halogens is 1. The zero-order valence-corrected chi connectivity index (χ0v) is 10.2. The van der Waals surface area contributed by atoms with Crippen LogP contribution in [0.2, 0.25) is 0 Å². The van der Waals surface area contributed by atoms with E-state index in [-0.39, 0.29) is 0 Å². The number of ether oxygens (including phenoxy) is 2. The standard InChI is InChI=1S/C11H19BrO2/c12-8-11(4-2-5-13-9-11)7-10-3-1-6-14-10/h10H,1-9H2. The third kappa shape index (κ3) is 2.50. The molecule has 0 aromatic rings. The Balaban J connectivity index is 1.89. The maximum Gasteiger partial charge on any atom is 0.0582 e. The van der Waals surface area contributed by atoms with Gasteiger partial charge in [-0.3, -0.25) is 0 Å². The predicted octanol–water partition coefficient (Wildman–Crippen LogP) is 2.75. The lowest BCUT2D eigenvalue weighted by atomic mass is 9.79. The summed E-state index contributed by atoms with van der Waals surface area (Å²) in [6.45, 7) is 2.82. The molecule has 2 unspecified atom stereocenters. The Morgan fingerprint density at radius 1 is 1.29 bits per heavy atom. The van der Waals surface area contributed by atoms with Crippen molar-refractivity contribution in [1.29, 1.82) is 0 Å². The van der Waals surface area contributed by atoms with Gasteiger partial charge in [0.2, 0.25) is 0 Å². The number of hydrogen-bond donors (Lipinski definition) is 0. The Morgan fingerprint density at radius 2 is 2.21 bits per heavy atom. The summed E-state index contributed by atoms with van der Waals surface area (Å²) in [6, 6.07) is 0. The minimum atomic E-state index is 0.354. The van der Waals surface area contributed by atoms with Crippen molar-refractivity contribution >= 4 is 15.9 Å². The first-order valence-electron chi connectivity index (χ1n) is 5.60. The Kier molecular flexibility index (Phi) is 3.86. The lowest BCUT2D eigenvalue weighted by molar-refractivity contribution is -0.0267. The number of rotatable bonds is 3. The van der Waals surface area contributed by atoms with Crippen molar-refractivity contribution in [3.63, 3.8) is 0 Å². The molecular formula is C11H19BrO2. The largest absolute Gasteiger partial charge is 0.381 e. The highest BCUT2D eigenvalue weighted by atomic mass is 79.9. The van der Waals surface area contributed by atoms with Gasteiger partial charge in [-0.25, -0.2) is 0 Å². The molecule has 0 aromatic heterocycles. The summed E-state index contributed by atoms with van der Waals surface area (Å²) in [5.74, 6) is 0. The van der Waals surface area contributed by atoms with Crippen molar-refractivity contribution < 1.29 is 9.47 Å². The molecule has 2 saturated heterocycles. The number of hydrogen-bond acceptors (Lipinski definition) is 2. The van der Waals surface area contributed by atoms with Gasteiger partial charge in [0.15, 0.2) is 0 Å². The summed E-state index contributed by atoms with van der Waals surface area (Å²) >= 11 is 3.64. The summed E-state index contributed by atoms with van der Waals surface area (Å²) in [6.07, 6.45) is 6.65. The van der Waals surface area contributed by atoms with Gasteiger partial charge < -0.3 is 9.47 Å².